The highest BCUT2D eigenvalue weighted by molar-refractivity contribution is 7.25. The quantitative estimate of drug-likeness (QED) is 0.383. The van der Waals surface area contributed by atoms with Crippen LogP contribution >= 0.6 is 11.3 Å². The Bertz CT molecular complexity index is 960. The largest absolute Gasteiger partial charge is 0.135 e. The molecule has 0 unspecified atom stereocenters. The molecule has 21 heavy (non-hydrogen) atoms. The van der Waals surface area contributed by atoms with E-state index in [1.54, 1.807) is 0 Å². The molecule has 0 bridgehead atoms. The lowest BCUT2D eigenvalue weighted by molar-refractivity contribution is 1.34. The van der Waals surface area contributed by atoms with Gasteiger partial charge in [-0.1, -0.05) is 48.5 Å². The Morgan fingerprint density at radius 2 is 1.52 bits per heavy atom. The predicted octanol–water partition coefficient (Wildman–Crippen LogP) is 6.34. The molecule has 0 fully saturated rings. The third kappa shape index (κ3) is 1.97. The summed E-state index contributed by atoms with van der Waals surface area (Å²) >= 11 is 1.88. The van der Waals surface area contributed by atoms with Crippen LogP contribution in [0.15, 0.2) is 60.7 Å². The minimum Gasteiger partial charge on any atom is -0.135 e. The van der Waals surface area contributed by atoms with Crippen LogP contribution < -0.4 is 0 Å². The molecule has 3 aromatic carbocycles. The molecule has 0 N–H and O–H groups in total. The van der Waals surface area contributed by atoms with Gasteiger partial charge < -0.3 is 0 Å². The van der Waals surface area contributed by atoms with Crippen LogP contribution in [-0.2, 0) is 0 Å². The summed E-state index contributed by atoms with van der Waals surface area (Å²) in [4.78, 5) is 0. The molecule has 0 saturated heterocycles. The fraction of sp³-hybridized carbons (Fsp3) is 0.100. The van der Waals surface area contributed by atoms with E-state index in [-0.39, 0.29) is 0 Å². The average Bonchev–Trinajstić information content (AvgIpc) is 2.88. The maximum atomic E-state index is 2.30. The Labute approximate surface area is 128 Å². The Morgan fingerprint density at radius 3 is 2.38 bits per heavy atom. The normalized spacial score (nSPS) is 11.3. The summed E-state index contributed by atoms with van der Waals surface area (Å²) in [6, 6.07) is 22.1. The van der Waals surface area contributed by atoms with Crippen molar-refractivity contribution in [3.63, 3.8) is 0 Å². The Balaban J connectivity index is 2.10. The van der Waals surface area contributed by atoms with Gasteiger partial charge in [-0.2, -0.15) is 0 Å². The van der Waals surface area contributed by atoms with Gasteiger partial charge in [0.2, 0.25) is 0 Å². The smallest absolute Gasteiger partial charge is 0.0361 e. The third-order valence-corrected chi connectivity index (χ3v) is 5.36. The molecule has 1 heterocycles. The lowest BCUT2D eigenvalue weighted by Gasteiger charge is -2.07. The number of hydrogen-bond donors (Lipinski definition) is 0. The molecule has 0 aliphatic rings. The molecule has 4 rings (SSSR count). The molecule has 1 heteroatoms. The summed E-state index contributed by atoms with van der Waals surface area (Å²) in [7, 11) is 0. The first-order chi connectivity index (χ1) is 10.2. The van der Waals surface area contributed by atoms with E-state index >= 15 is 0 Å². The van der Waals surface area contributed by atoms with Gasteiger partial charge in [0, 0.05) is 20.2 Å². The van der Waals surface area contributed by atoms with E-state index < -0.39 is 0 Å². The van der Waals surface area contributed by atoms with E-state index in [0.717, 1.165) is 0 Å². The fourth-order valence-corrected chi connectivity index (χ4v) is 4.06. The zero-order valence-electron chi connectivity index (χ0n) is 12.2. The average molecular weight is 288 g/mol. The van der Waals surface area contributed by atoms with E-state index in [0.29, 0.717) is 0 Å². The van der Waals surface area contributed by atoms with Gasteiger partial charge in [0.1, 0.15) is 0 Å². The van der Waals surface area contributed by atoms with Crippen molar-refractivity contribution in [2.45, 2.75) is 13.8 Å². The first-order valence-electron chi connectivity index (χ1n) is 7.22. The van der Waals surface area contributed by atoms with Crippen LogP contribution in [0, 0.1) is 13.8 Å². The van der Waals surface area contributed by atoms with Crippen molar-refractivity contribution in [2.24, 2.45) is 0 Å². The highest BCUT2D eigenvalue weighted by Gasteiger charge is 2.10. The molecule has 0 spiro atoms. The second kappa shape index (κ2) is 4.71. The summed E-state index contributed by atoms with van der Waals surface area (Å²) < 4.78 is 2.73. The Kier molecular flexibility index (Phi) is 2.83. The molecule has 0 nitrogen and oxygen atoms in total. The fourth-order valence-electron chi connectivity index (χ4n) is 2.92. The van der Waals surface area contributed by atoms with Gasteiger partial charge >= 0.3 is 0 Å². The van der Waals surface area contributed by atoms with Crippen molar-refractivity contribution in [1.82, 2.24) is 0 Å². The summed E-state index contributed by atoms with van der Waals surface area (Å²) in [5.41, 5.74) is 5.35. The van der Waals surface area contributed by atoms with E-state index in [1.807, 2.05) is 11.3 Å². The number of fused-ring (bicyclic) bond motifs is 3. The molecular weight excluding hydrogens is 272 g/mol. The van der Waals surface area contributed by atoms with Gasteiger partial charge in [-0.15, -0.1) is 11.3 Å². The van der Waals surface area contributed by atoms with Crippen molar-refractivity contribution in [1.29, 1.82) is 0 Å². The van der Waals surface area contributed by atoms with Crippen molar-refractivity contribution >= 4 is 31.5 Å². The summed E-state index contributed by atoms with van der Waals surface area (Å²) in [5.74, 6) is 0. The van der Waals surface area contributed by atoms with Gasteiger partial charge in [-0.05, 0) is 48.2 Å². The van der Waals surface area contributed by atoms with E-state index in [1.165, 1.54) is 42.4 Å². The highest BCUT2D eigenvalue weighted by atomic mass is 32.1. The van der Waals surface area contributed by atoms with Gasteiger partial charge in [-0.3, -0.25) is 0 Å². The molecule has 0 atom stereocenters. The second-order valence-corrected chi connectivity index (χ2v) is 6.66. The minimum atomic E-state index is 1.31. The first-order valence-corrected chi connectivity index (χ1v) is 8.03. The zero-order valence-corrected chi connectivity index (χ0v) is 13.0. The summed E-state index contributed by atoms with van der Waals surface area (Å²) in [6.07, 6.45) is 0. The molecule has 1 aromatic heterocycles. The van der Waals surface area contributed by atoms with Crippen LogP contribution in [0.3, 0.4) is 0 Å². The molecule has 0 saturated carbocycles. The number of thiophene rings is 1. The van der Waals surface area contributed by atoms with Crippen LogP contribution in [0.25, 0.3) is 31.3 Å². The number of rotatable bonds is 1. The van der Waals surface area contributed by atoms with E-state index in [4.69, 9.17) is 0 Å². The SMILES string of the molecule is Cc1ccc(-c2cccc3sc4ccccc4c23)cc1C. The number of benzene rings is 3. The summed E-state index contributed by atoms with van der Waals surface area (Å²) in [5, 5.41) is 2.76. The first kappa shape index (κ1) is 12.6. The van der Waals surface area contributed by atoms with Crippen molar-refractivity contribution in [2.75, 3.05) is 0 Å². The van der Waals surface area contributed by atoms with E-state index in [9.17, 15) is 0 Å². The lowest BCUT2D eigenvalue weighted by atomic mass is 9.97. The minimum absolute atomic E-state index is 1.31. The van der Waals surface area contributed by atoms with Gasteiger partial charge in [0.25, 0.3) is 0 Å². The van der Waals surface area contributed by atoms with Gasteiger partial charge in [-0.25, -0.2) is 0 Å². The maximum Gasteiger partial charge on any atom is 0.0361 e. The molecule has 0 aliphatic heterocycles. The van der Waals surface area contributed by atoms with Crippen LogP contribution in [0.2, 0.25) is 0 Å². The lowest BCUT2D eigenvalue weighted by Crippen LogP contribution is -1.84. The van der Waals surface area contributed by atoms with Crippen LogP contribution in [0.5, 0.6) is 0 Å². The van der Waals surface area contributed by atoms with Crippen LogP contribution in [0.1, 0.15) is 11.1 Å². The molecular formula is C20H16S. The molecule has 0 aliphatic carbocycles. The second-order valence-electron chi connectivity index (χ2n) is 5.58. The molecule has 0 amide bonds. The summed E-state index contributed by atoms with van der Waals surface area (Å²) in [6.45, 7) is 4.35. The third-order valence-electron chi connectivity index (χ3n) is 4.22. The Morgan fingerprint density at radius 1 is 0.714 bits per heavy atom. The van der Waals surface area contributed by atoms with Crippen LogP contribution in [-0.4, -0.2) is 0 Å². The topological polar surface area (TPSA) is 0 Å². The number of aryl methyl sites for hydroxylation is 2. The molecule has 4 aromatic rings. The predicted molar refractivity (Wildman–Crippen MR) is 94.2 cm³/mol. The standard InChI is InChI=1S/C20H16S/c1-13-10-11-15(12-14(13)2)16-7-5-9-19-20(16)17-6-3-4-8-18(17)21-19/h3-12H,1-2H3. The van der Waals surface area contributed by atoms with Crippen molar-refractivity contribution in [3.8, 4) is 11.1 Å². The maximum absolute atomic E-state index is 2.30. The number of hydrogen-bond acceptors (Lipinski definition) is 1. The Hall–Kier alpha value is -2.12. The van der Waals surface area contributed by atoms with E-state index in [2.05, 4.69) is 74.5 Å². The molecule has 0 radical (unpaired) electrons. The van der Waals surface area contributed by atoms with Gasteiger partial charge in [0.05, 0.1) is 0 Å². The van der Waals surface area contributed by atoms with Gasteiger partial charge in [0.15, 0.2) is 0 Å². The van der Waals surface area contributed by atoms with Crippen molar-refractivity contribution < 1.29 is 0 Å². The zero-order chi connectivity index (χ0) is 14.4. The van der Waals surface area contributed by atoms with Crippen molar-refractivity contribution in [3.05, 3.63) is 71.8 Å². The monoisotopic (exact) mass is 288 g/mol. The molecule has 102 valence electrons. The highest BCUT2D eigenvalue weighted by Crippen LogP contribution is 2.39. The van der Waals surface area contributed by atoms with Crippen LogP contribution in [0.4, 0.5) is 0 Å².